The molecule has 0 aliphatic heterocycles. The Balaban J connectivity index is 2.04. The second-order valence-electron chi connectivity index (χ2n) is 4.85. The molecule has 0 bridgehead atoms. The summed E-state index contributed by atoms with van der Waals surface area (Å²) in [5.74, 6) is -1.28. The summed E-state index contributed by atoms with van der Waals surface area (Å²) in [6.45, 7) is 1.43. The molecule has 122 valence electrons. The number of nitrogens with one attached hydrogen (secondary N) is 1. The summed E-state index contributed by atoms with van der Waals surface area (Å²) in [5, 5.41) is 11.9. The smallest absolute Gasteiger partial charge is 0.340 e. The summed E-state index contributed by atoms with van der Waals surface area (Å²) in [4.78, 5) is 24.2. The van der Waals surface area contributed by atoms with Crippen LogP contribution in [-0.2, 0) is 9.53 Å². The van der Waals surface area contributed by atoms with Gasteiger partial charge >= 0.3 is 5.97 Å². The number of benzene rings is 2. The first-order valence-corrected chi connectivity index (χ1v) is 7.63. The van der Waals surface area contributed by atoms with Crippen LogP contribution in [0.25, 0.3) is 0 Å². The normalized spacial score (nSPS) is 11.2. The van der Waals surface area contributed by atoms with Gasteiger partial charge in [0.15, 0.2) is 6.10 Å². The lowest BCUT2D eigenvalue weighted by atomic mass is 10.2. The molecule has 1 atom stereocenters. The van der Waals surface area contributed by atoms with Gasteiger partial charge in [-0.1, -0.05) is 29.3 Å². The molecule has 0 fully saturated rings. The maximum Gasteiger partial charge on any atom is 0.340 e. The van der Waals surface area contributed by atoms with Crippen LogP contribution in [0.5, 0.6) is 0 Å². The van der Waals surface area contributed by atoms with Crippen molar-refractivity contribution in [3.63, 3.8) is 0 Å². The van der Waals surface area contributed by atoms with E-state index in [1.807, 2.05) is 6.07 Å². The number of carbonyl (C=O) groups is 2. The van der Waals surface area contributed by atoms with E-state index in [4.69, 9.17) is 33.2 Å². The largest absolute Gasteiger partial charge is 0.449 e. The van der Waals surface area contributed by atoms with Gasteiger partial charge in [0, 0.05) is 10.7 Å². The van der Waals surface area contributed by atoms with Crippen LogP contribution in [-0.4, -0.2) is 18.0 Å². The van der Waals surface area contributed by atoms with E-state index in [-0.39, 0.29) is 10.6 Å². The molecule has 7 heteroatoms. The average molecular weight is 363 g/mol. The first-order chi connectivity index (χ1) is 11.4. The second-order valence-corrected chi connectivity index (χ2v) is 5.70. The number of amides is 1. The molecule has 0 aromatic heterocycles. The molecule has 2 aromatic rings. The van der Waals surface area contributed by atoms with E-state index in [1.165, 1.54) is 25.1 Å². The fourth-order valence-electron chi connectivity index (χ4n) is 1.84. The van der Waals surface area contributed by atoms with Gasteiger partial charge < -0.3 is 10.1 Å². The number of nitrogens with zero attached hydrogens (tertiary/aromatic N) is 1. The lowest BCUT2D eigenvalue weighted by Gasteiger charge is -2.14. The molecule has 5 nitrogen and oxygen atoms in total. The Morgan fingerprint density at radius 1 is 1.21 bits per heavy atom. The van der Waals surface area contributed by atoms with Crippen LogP contribution in [0.1, 0.15) is 22.8 Å². The number of halogens is 2. The molecule has 2 aromatic carbocycles. The molecule has 24 heavy (non-hydrogen) atoms. The number of carbonyl (C=O) groups excluding carboxylic acids is 2. The first kappa shape index (κ1) is 17.8. The van der Waals surface area contributed by atoms with Gasteiger partial charge in [-0.25, -0.2) is 4.79 Å². The molecular weight excluding hydrogens is 351 g/mol. The highest BCUT2D eigenvalue weighted by atomic mass is 35.5. The van der Waals surface area contributed by atoms with E-state index in [1.54, 1.807) is 24.3 Å². The number of rotatable bonds is 4. The third kappa shape index (κ3) is 4.48. The molecule has 0 heterocycles. The van der Waals surface area contributed by atoms with E-state index in [9.17, 15) is 9.59 Å². The molecule has 0 aliphatic rings. The summed E-state index contributed by atoms with van der Waals surface area (Å²) < 4.78 is 5.10. The fourth-order valence-corrected chi connectivity index (χ4v) is 2.21. The number of hydrogen-bond donors (Lipinski definition) is 1. The van der Waals surface area contributed by atoms with Gasteiger partial charge in [-0.15, -0.1) is 0 Å². The van der Waals surface area contributed by atoms with Crippen molar-refractivity contribution in [1.82, 2.24) is 0 Å². The predicted octanol–water partition coefficient (Wildman–Crippen LogP) is 4.05. The van der Waals surface area contributed by atoms with Crippen LogP contribution >= 0.6 is 23.2 Å². The Kier molecular flexibility index (Phi) is 5.80. The van der Waals surface area contributed by atoms with E-state index >= 15 is 0 Å². The summed E-state index contributed by atoms with van der Waals surface area (Å²) in [5.41, 5.74) is 0.918. The number of nitriles is 1. The molecule has 0 saturated heterocycles. The van der Waals surface area contributed by atoms with Crippen LogP contribution in [0.15, 0.2) is 42.5 Å². The Labute approximate surface area is 148 Å². The molecule has 1 amide bonds. The summed E-state index contributed by atoms with van der Waals surface area (Å²) >= 11 is 11.8. The summed E-state index contributed by atoms with van der Waals surface area (Å²) in [7, 11) is 0. The van der Waals surface area contributed by atoms with Gasteiger partial charge in [0.1, 0.15) is 0 Å². The average Bonchev–Trinajstić information content (AvgIpc) is 2.57. The third-order valence-corrected chi connectivity index (χ3v) is 3.63. The van der Waals surface area contributed by atoms with Gasteiger partial charge in [0.25, 0.3) is 5.91 Å². The molecule has 0 spiro atoms. The highest BCUT2D eigenvalue weighted by Crippen LogP contribution is 2.22. The minimum absolute atomic E-state index is 0.0790. The summed E-state index contributed by atoms with van der Waals surface area (Å²) in [6.07, 6.45) is -1.06. The van der Waals surface area contributed by atoms with Crippen molar-refractivity contribution in [2.24, 2.45) is 0 Å². The lowest BCUT2D eigenvalue weighted by Crippen LogP contribution is -2.30. The van der Waals surface area contributed by atoms with Crippen LogP contribution < -0.4 is 5.32 Å². The monoisotopic (exact) mass is 362 g/mol. The maximum atomic E-state index is 12.1. The zero-order chi connectivity index (χ0) is 17.7. The topological polar surface area (TPSA) is 79.2 Å². The zero-order valence-electron chi connectivity index (χ0n) is 12.5. The Hall–Kier alpha value is -2.55. The van der Waals surface area contributed by atoms with Gasteiger partial charge in [-0.3, -0.25) is 4.79 Å². The number of hydrogen-bond acceptors (Lipinski definition) is 4. The van der Waals surface area contributed by atoms with Crippen LogP contribution in [0.4, 0.5) is 5.69 Å². The molecule has 2 rings (SSSR count). The molecule has 1 N–H and O–H groups in total. The van der Waals surface area contributed by atoms with Gasteiger partial charge in [0.2, 0.25) is 0 Å². The quantitative estimate of drug-likeness (QED) is 0.832. The van der Waals surface area contributed by atoms with Crippen LogP contribution in [0.2, 0.25) is 10.0 Å². The number of ether oxygens (including phenoxy) is 1. The van der Waals surface area contributed by atoms with E-state index in [0.717, 1.165) is 0 Å². The van der Waals surface area contributed by atoms with Crippen molar-refractivity contribution in [1.29, 1.82) is 5.26 Å². The molecule has 0 radical (unpaired) electrons. The van der Waals surface area contributed by atoms with Crippen molar-refractivity contribution < 1.29 is 14.3 Å². The van der Waals surface area contributed by atoms with Crippen LogP contribution in [0.3, 0.4) is 0 Å². The third-order valence-electron chi connectivity index (χ3n) is 3.06. The van der Waals surface area contributed by atoms with Gasteiger partial charge in [0.05, 0.1) is 22.2 Å². The van der Waals surface area contributed by atoms with Crippen molar-refractivity contribution >= 4 is 40.8 Å². The fraction of sp³-hybridized carbons (Fsp3) is 0.118. The Bertz CT molecular complexity index is 831. The van der Waals surface area contributed by atoms with E-state index in [2.05, 4.69) is 5.32 Å². The second kappa shape index (κ2) is 7.82. The highest BCUT2D eigenvalue weighted by molar-refractivity contribution is 6.35. The lowest BCUT2D eigenvalue weighted by molar-refractivity contribution is -0.123. The van der Waals surface area contributed by atoms with Crippen LogP contribution in [0, 0.1) is 11.3 Å². The standard InChI is InChI=1S/C17H12Cl2N2O3/c1-10(16(22)21-13-4-2-3-11(7-13)9-20)24-17(23)14-8-12(18)5-6-15(14)19/h2-8,10H,1H3,(H,21,22)/t10-/m1/s1. The zero-order valence-corrected chi connectivity index (χ0v) is 14.1. The minimum atomic E-state index is -1.06. The SMILES string of the molecule is C[C@@H](OC(=O)c1cc(Cl)ccc1Cl)C(=O)Nc1cccc(C#N)c1. The molecule has 0 aliphatic carbocycles. The molecular formula is C17H12Cl2N2O3. The highest BCUT2D eigenvalue weighted by Gasteiger charge is 2.21. The van der Waals surface area contributed by atoms with Crippen molar-refractivity contribution in [3.8, 4) is 6.07 Å². The molecule has 0 unspecified atom stereocenters. The van der Waals surface area contributed by atoms with Gasteiger partial charge in [-0.2, -0.15) is 5.26 Å². The van der Waals surface area contributed by atoms with E-state index in [0.29, 0.717) is 16.3 Å². The number of anilines is 1. The van der Waals surface area contributed by atoms with Crippen molar-refractivity contribution in [3.05, 3.63) is 63.6 Å². The minimum Gasteiger partial charge on any atom is -0.449 e. The Morgan fingerprint density at radius 3 is 2.67 bits per heavy atom. The predicted molar refractivity (Wildman–Crippen MR) is 91.1 cm³/mol. The van der Waals surface area contributed by atoms with Gasteiger partial charge in [-0.05, 0) is 43.3 Å². The van der Waals surface area contributed by atoms with Crippen molar-refractivity contribution in [2.75, 3.05) is 5.32 Å². The number of esters is 1. The maximum absolute atomic E-state index is 12.1. The summed E-state index contributed by atoms with van der Waals surface area (Å²) in [6, 6.07) is 12.7. The Morgan fingerprint density at radius 2 is 1.96 bits per heavy atom. The van der Waals surface area contributed by atoms with E-state index < -0.39 is 18.0 Å². The molecule has 0 saturated carbocycles. The first-order valence-electron chi connectivity index (χ1n) is 6.88. The van der Waals surface area contributed by atoms with Crippen molar-refractivity contribution in [2.45, 2.75) is 13.0 Å².